The fourth-order valence-electron chi connectivity index (χ4n) is 1.49. The second kappa shape index (κ2) is 5.29. The van der Waals surface area contributed by atoms with Gasteiger partial charge in [-0.15, -0.1) is 11.3 Å². The Morgan fingerprint density at radius 1 is 1.50 bits per heavy atom. The van der Waals surface area contributed by atoms with Gasteiger partial charge in [-0.3, -0.25) is 5.84 Å². The molecule has 86 valence electrons. The highest BCUT2D eigenvalue weighted by molar-refractivity contribution is 9.10. The van der Waals surface area contributed by atoms with Crippen molar-refractivity contribution in [3.8, 4) is 5.75 Å². The molecule has 0 fully saturated rings. The first-order valence-corrected chi connectivity index (χ1v) is 7.18. The van der Waals surface area contributed by atoms with Crippen molar-refractivity contribution in [3.63, 3.8) is 0 Å². The fraction of sp³-hybridized carbons (Fsp3) is 0.200. The standard InChI is InChI=1S/C10H11BrN2OS2/c1-14-8-2-3-16-10(8)9(13-12)6-4-15-5-7(6)11/h2-5,9,13H,12H2,1H3. The number of hydrogen-bond donors (Lipinski definition) is 2. The number of ether oxygens (including phenoxy) is 1. The first-order chi connectivity index (χ1) is 7.77. The molecular formula is C10H11BrN2OS2. The lowest BCUT2D eigenvalue weighted by Crippen LogP contribution is -2.28. The van der Waals surface area contributed by atoms with Crippen LogP contribution in [0.4, 0.5) is 0 Å². The Labute approximate surface area is 110 Å². The molecule has 0 amide bonds. The van der Waals surface area contributed by atoms with Crippen LogP contribution in [0.3, 0.4) is 0 Å². The van der Waals surface area contributed by atoms with Crippen LogP contribution in [0.2, 0.25) is 0 Å². The van der Waals surface area contributed by atoms with Crippen LogP contribution in [-0.2, 0) is 0 Å². The predicted octanol–water partition coefficient (Wildman–Crippen LogP) is 3.13. The third kappa shape index (κ3) is 2.16. The van der Waals surface area contributed by atoms with E-state index in [4.69, 9.17) is 10.6 Å². The minimum Gasteiger partial charge on any atom is -0.496 e. The van der Waals surface area contributed by atoms with Gasteiger partial charge in [0.05, 0.1) is 18.0 Å². The van der Waals surface area contributed by atoms with E-state index in [0.29, 0.717) is 0 Å². The number of thiophene rings is 2. The molecule has 2 aromatic heterocycles. The zero-order valence-corrected chi connectivity index (χ0v) is 11.8. The van der Waals surface area contributed by atoms with Crippen molar-refractivity contribution in [3.05, 3.63) is 37.1 Å². The maximum absolute atomic E-state index is 5.63. The molecule has 0 bridgehead atoms. The molecule has 2 rings (SSSR count). The van der Waals surface area contributed by atoms with Crippen LogP contribution < -0.4 is 16.0 Å². The minimum atomic E-state index is -0.0319. The molecule has 0 saturated carbocycles. The van der Waals surface area contributed by atoms with E-state index >= 15 is 0 Å². The van der Waals surface area contributed by atoms with Gasteiger partial charge in [-0.05, 0) is 32.8 Å². The highest BCUT2D eigenvalue weighted by Gasteiger charge is 2.21. The fourth-order valence-corrected chi connectivity index (χ4v) is 3.98. The van der Waals surface area contributed by atoms with Gasteiger partial charge in [0.1, 0.15) is 5.75 Å². The second-order valence-electron chi connectivity index (χ2n) is 3.13. The molecule has 0 aliphatic heterocycles. The molecule has 0 aliphatic rings. The predicted molar refractivity (Wildman–Crippen MR) is 72.1 cm³/mol. The average Bonchev–Trinajstić information content (AvgIpc) is 2.90. The Kier molecular flexibility index (Phi) is 3.99. The Balaban J connectivity index is 2.40. The van der Waals surface area contributed by atoms with Crippen molar-refractivity contribution < 1.29 is 4.74 Å². The van der Waals surface area contributed by atoms with Gasteiger partial charge in [-0.2, -0.15) is 11.3 Å². The molecule has 0 saturated heterocycles. The lowest BCUT2D eigenvalue weighted by molar-refractivity contribution is 0.408. The molecule has 0 aromatic carbocycles. The van der Waals surface area contributed by atoms with Gasteiger partial charge >= 0.3 is 0 Å². The average molecular weight is 319 g/mol. The number of rotatable bonds is 4. The first kappa shape index (κ1) is 12.1. The molecule has 1 unspecified atom stereocenters. The highest BCUT2D eigenvalue weighted by Crippen LogP contribution is 2.38. The number of halogens is 1. The van der Waals surface area contributed by atoms with Crippen LogP contribution in [0.1, 0.15) is 16.5 Å². The van der Waals surface area contributed by atoms with Gasteiger partial charge < -0.3 is 4.74 Å². The van der Waals surface area contributed by atoms with Gasteiger partial charge in [0.2, 0.25) is 0 Å². The third-order valence-corrected chi connectivity index (χ3v) is 4.97. The maximum Gasteiger partial charge on any atom is 0.134 e. The number of hydrogen-bond acceptors (Lipinski definition) is 5. The van der Waals surface area contributed by atoms with Crippen LogP contribution in [0.5, 0.6) is 5.75 Å². The van der Waals surface area contributed by atoms with E-state index in [-0.39, 0.29) is 6.04 Å². The van der Waals surface area contributed by atoms with Crippen molar-refractivity contribution in [2.45, 2.75) is 6.04 Å². The molecule has 6 heteroatoms. The Bertz CT molecular complexity index is 469. The molecule has 0 spiro atoms. The molecule has 3 nitrogen and oxygen atoms in total. The maximum atomic E-state index is 5.63. The van der Waals surface area contributed by atoms with Crippen molar-refractivity contribution in [1.82, 2.24) is 5.43 Å². The SMILES string of the molecule is COc1ccsc1C(NN)c1cscc1Br. The minimum absolute atomic E-state index is 0.0319. The van der Waals surface area contributed by atoms with Gasteiger partial charge in [0.25, 0.3) is 0 Å². The number of hydrazine groups is 1. The second-order valence-corrected chi connectivity index (χ2v) is 5.67. The summed E-state index contributed by atoms with van der Waals surface area (Å²) in [4.78, 5) is 1.09. The van der Waals surface area contributed by atoms with E-state index < -0.39 is 0 Å². The number of nitrogens with one attached hydrogen (secondary N) is 1. The number of methoxy groups -OCH3 is 1. The summed E-state index contributed by atoms with van der Waals surface area (Å²) in [6, 6.07) is 1.92. The molecular weight excluding hydrogens is 308 g/mol. The molecule has 2 heterocycles. The van der Waals surface area contributed by atoms with Crippen LogP contribution >= 0.6 is 38.6 Å². The van der Waals surface area contributed by atoms with Crippen LogP contribution in [0.15, 0.2) is 26.7 Å². The third-order valence-electron chi connectivity index (χ3n) is 2.26. The zero-order chi connectivity index (χ0) is 11.5. The van der Waals surface area contributed by atoms with Crippen molar-refractivity contribution in [1.29, 1.82) is 0 Å². The van der Waals surface area contributed by atoms with Gasteiger partial charge in [0, 0.05) is 15.4 Å². The molecule has 0 aliphatic carbocycles. The molecule has 2 aromatic rings. The van der Waals surface area contributed by atoms with E-state index in [0.717, 1.165) is 20.7 Å². The topological polar surface area (TPSA) is 47.3 Å². The zero-order valence-electron chi connectivity index (χ0n) is 8.57. The quantitative estimate of drug-likeness (QED) is 0.672. The Hall–Kier alpha value is -0.400. The van der Waals surface area contributed by atoms with E-state index in [2.05, 4.69) is 26.7 Å². The molecule has 0 radical (unpaired) electrons. The van der Waals surface area contributed by atoms with E-state index in [1.165, 1.54) is 0 Å². The van der Waals surface area contributed by atoms with Crippen molar-refractivity contribution in [2.24, 2.45) is 5.84 Å². The lowest BCUT2D eigenvalue weighted by atomic mass is 10.1. The van der Waals surface area contributed by atoms with Crippen LogP contribution in [0.25, 0.3) is 0 Å². The summed E-state index contributed by atoms with van der Waals surface area (Å²) in [6.45, 7) is 0. The number of nitrogens with two attached hydrogens (primary N) is 1. The molecule has 16 heavy (non-hydrogen) atoms. The molecule has 1 atom stereocenters. The van der Waals surface area contributed by atoms with Crippen molar-refractivity contribution in [2.75, 3.05) is 7.11 Å². The Morgan fingerprint density at radius 3 is 2.88 bits per heavy atom. The van der Waals surface area contributed by atoms with E-state index in [1.54, 1.807) is 29.8 Å². The summed E-state index contributed by atoms with van der Waals surface area (Å²) >= 11 is 6.79. The normalized spacial score (nSPS) is 12.7. The van der Waals surface area contributed by atoms with Gasteiger partial charge in [0.15, 0.2) is 0 Å². The molecule has 3 N–H and O–H groups in total. The largest absolute Gasteiger partial charge is 0.496 e. The summed E-state index contributed by atoms with van der Waals surface area (Å²) in [5.41, 5.74) is 3.96. The smallest absolute Gasteiger partial charge is 0.134 e. The monoisotopic (exact) mass is 318 g/mol. The summed E-state index contributed by atoms with van der Waals surface area (Å²) in [5.74, 6) is 6.50. The van der Waals surface area contributed by atoms with Gasteiger partial charge in [-0.25, -0.2) is 5.43 Å². The highest BCUT2D eigenvalue weighted by atomic mass is 79.9. The lowest BCUT2D eigenvalue weighted by Gasteiger charge is -2.15. The van der Waals surface area contributed by atoms with E-state index in [9.17, 15) is 0 Å². The first-order valence-electron chi connectivity index (χ1n) is 4.57. The summed E-state index contributed by atoms with van der Waals surface area (Å²) < 4.78 is 6.37. The summed E-state index contributed by atoms with van der Waals surface area (Å²) in [6.07, 6.45) is 0. The van der Waals surface area contributed by atoms with Gasteiger partial charge in [-0.1, -0.05) is 0 Å². The van der Waals surface area contributed by atoms with Crippen LogP contribution in [0, 0.1) is 0 Å². The summed E-state index contributed by atoms with van der Waals surface area (Å²) in [7, 11) is 1.67. The Morgan fingerprint density at radius 2 is 2.31 bits per heavy atom. The van der Waals surface area contributed by atoms with Crippen LogP contribution in [-0.4, -0.2) is 7.11 Å². The van der Waals surface area contributed by atoms with Crippen molar-refractivity contribution >= 4 is 38.6 Å². The van der Waals surface area contributed by atoms with E-state index in [1.807, 2.05) is 16.8 Å². The summed E-state index contributed by atoms with van der Waals surface area (Å²) in [5, 5.41) is 6.12.